The van der Waals surface area contributed by atoms with Crippen molar-refractivity contribution in [2.75, 3.05) is 11.1 Å². The summed E-state index contributed by atoms with van der Waals surface area (Å²) in [7, 11) is 0. The number of nitrogens with one attached hydrogen (secondary N) is 1. The summed E-state index contributed by atoms with van der Waals surface area (Å²) in [5.41, 5.74) is 7.58. The fourth-order valence-electron chi connectivity index (χ4n) is 1.80. The Morgan fingerprint density at radius 2 is 2.21 bits per heavy atom. The summed E-state index contributed by atoms with van der Waals surface area (Å²) >= 11 is 3.28. The van der Waals surface area contributed by atoms with E-state index in [1.807, 2.05) is 11.7 Å². The fourth-order valence-corrected chi connectivity index (χ4v) is 3.31. The number of fused-ring (bicyclic) bond motifs is 1. The first-order valence-electron chi connectivity index (χ1n) is 5.93. The third kappa shape index (κ3) is 2.52. The number of anilines is 2. The van der Waals surface area contributed by atoms with Gasteiger partial charge in [-0.25, -0.2) is 4.98 Å². The second kappa shape index (κ2) is 5.10. The van der Waals surface area contributed by atoms with Gasteiger partial charge >= 0.3 is 0 Å². The molecule has 0 saturated carbocycles. The van der Waals surface area contributed by atoms with Crippen LogP contribution >= 0.6 is 22.7 Å². The van der Waals surface area contributed by atoms with Crippen molar-refractivity contribution in [3.63, 3.8) is 0 Å². The predicted octanol–water partition coefficient (Wildman–Crippen LogP) is 2.90. The number of nitrogens with zero attached hydrogens (tertiary/aromatic N) is 3. The summed E-state index contributed by atoms with van der Waals surface area (Å²) in [6.07, 6.45) is 2.85. The molecule has 7 heteroatoms. The maximum absolute atomic E-state index is 5.76. The Morgan fingerprint density at radius 3 is 2.95 bits per heavy atom. The molecule has 3 rings (SSSR count). The highest BCUT2D eigenvalue weighted by Crippen LogP contribution is 2.30. The topological polar surface area (TPSA) is 76.7 Å². The van der Waals surface area contributed by atoms with Crippen LogP contribution in [0.2, 0.25) is 0 Å². The Balaban J connectivity index is 1.94. The number of rotatable bonds is 4. The van der Waals surface area contributed by atoms with Crippen molar-refractivity contribution in [3.05, 3.63) is 27.5 Å². The van der Waals surface area contributed by atoms with E-state index in [9.17, 15) is 0 Å². The Bertz CT molecular complexity index is 690. The first-order chi connectivity index (χ1) is 9.26. The number of nitrogens with two attached hydrogens (primary N) is 1. The molecule has 0 atom stereocenters. The molecule has 0 aromatic carbocycles. The number of aryl methyl sites for hydroxylation is 1. The normalized spacial score (nSPS) is 11.0. The zero-order valence-corrected chi connectivity index (χ0v) is 12.0. The molecular weight excluding hydrogens is 278 g/mol. The maximum atomic E-state index is 5.76. The van der Waals surface area contributed by atoms with Gasteiger partial charge in [0.25, 0.3) is 0 Å². The third-order valence-electron chi connectivity index (χ3n) is 2.72. The molecule has 3 aromatic rings. The van der Waals surface area contributed by atoms with Crippen molar-refractivity contribution in [2.45, 2.75) is 19.9 Å². The van der Waals surface area contributed by atoms with Crippen molar-refractivity contribution in [2.24, 2.45) is 0 Å². The van der Waals surface area contributed by atoms with Gasteiger partial charge in [-0.15, -0.1) is 22.7 Å². The van der Waals surface area contributed by atoms with Crippen molar-refractivity contribution in [1.29, 1.82) is 0 Å². The number of nitrogen functional groups attached to an aromatic ring is 1. The molecule has 0 aliphatic rings. The first-order valence-corrected chi connectivity index (χ1v) is 7.63. The van der Waals surface area contributed by atoms with Crippen molar-refractivity contribution in [1.82, 2.24) is 15.0 Å². The minimum absolute atomic E-state index is 0.309. The smallest absolute Gasteiger partial charge is 0.223 e. The van der Waals surface area contributed by atoms with Crippen LogP contribution < -0.4 is 11.1 Å². The van der Waals surface area contributed by atoms with Gasteiger partial charge in [0.15, 0.2) is 0 Å². The average Bonchev–Trinajstić information content (AvgIpc) is 3.04. The highest BCUT2D eigenvalue weighted by atomic mass is 32.1. The summed E-state index contributed by atoms with van der Waals surface area (Å²) < 4.78 is 0. The van der Waals surface area contributed by atoms with Crippen molar-refractivity contribution >= 4 is 44.7 Å². The van der Waals surface area contributed by atoms with Gasteiger partial charge < -0.3 is 11.1 Å². The second-order valence-electron chi connectivity index (χ2n) is 4.04. The van der Waals surface area contributed by atoms with Gasteiger partial charge in [-0.2, -0.15) is 4.98 Å². The van der Waals surface area contributed by atoms with Gasteiger partial charge in [-0.3, -0.25) is 4.98 Å². The van der Waals surface area contributed by atoms with E-state index in [1.54, 1.807) is 22.7 Å². The lowest BCUT2D eigenvalue weighted by atomic mass is 10.3. The molecule has 98 valence electrons. The molecule has 0 amide bonds. The molecule has 0 fully saturated rings. The highest BCUT2D eigenvalue weighted by molar-refractivity contribution is 7.18. The minimum atomic E-state index is 0.309. The molecule has 0 radical (unpaired) electrons. The van der Waals surface area contributed by atoms with Gasteiger partial charge in [0.2, 0.25) is 5.95 Å². The van der Waals surface area contributed by atoms with E-state index in [0.717, 1.165) is 27.3 Å². The molecule has 0 spiro atoms. The zero-order valence-electron chi connectivity index (χ0n) is 10.4. The van der Waals surface area contributed by atoms with E-state index in [0.29, 0.717) is 12.5 Å². The van der Waals surface area contributed by atoms with Crippen LogP contribution in [0, 0.1) is 0 Å². The van der Waals surface area contributed by atoms with E-state index in [4.69, 9.17) is 5.73 Å². The third-order valence-corrected chi connectivity index (χ3v) is 4.68. The molecule has 0 aliphatic carbocycles. The highest BCUT2D eigenvalue weighted by Gasteiger charge is 2.10. The Labute approximate surface area is 118 Å². The Kier molecular flexibility index (Phi) is 3.31. The largest absolute Gasteiger partial charge is 0.368 e. The number of hydrogen-bond acceptors (Lipinski definition) is 7. The SMILES string of the molecule is CCc1cc2c(NCc3cncs3)nc(N)nc2s1. The van der Waals surface area contributed by atoms with Gasteiger partial charge in [-0.05, 0) is 12.5 Å². The molecule has 0 saturated heterocycles. The molecule has 3 N–H and O–H groups in total. The summed E-state index contributed by atoms with van der Waals surface area (Å²) in [5, 5.41) is 4.36. The standard InChI is InChI=1S/C12H13N5S2/c1-2-7-3-9-10(15-5-8-4-14-6-18-8)16-12(13)17-11(9)19-7/h3-4,6H,2,5H2,1H3,(H3,13,15,16,17). The van der Waals surface area contributed by atoms with Crippen LogP contribution in [0.5, 0.6) is 0 Å². The van der Waals surface area contributed by atoms with Gasteiger partial charge in [-0.1, -0.05) is 6.92 Å². The van der Waals surface area contributed by atoms with Crippen LogP contribution in [0.3, 0.4) is 0 Å². The second-order valence-corrected chi connectivity index (χ2v) is 6.12. The van der Waals surface area contributed by atoms with Crippen LogP contribution in [0.15, 0.2) is 17.8 Å². The molecule has 5 nitrogen and oxygen atoms in total. The Morgan fingerprint density at radius 1 is 1.32 bits per heavy atom. The van der Waals surface area contributed by atoms with E-state index >= 15 is 0 Å². The Hall–Kier alpha value is -1.73. The van der Waals surface area contributed by atoms with Crippen LogP contribution in [0.4, 0.5) is 11.8 Å². The molecule has 19 heavy (non-hydrogen) atoms. The maximum Gasteiger partial charge on any atom is 0.223 e. The van der Waals surface area contributed by atoms with Crippen LogP contribution in [0.1, 0.15) is 16.7 Å². The number of thiazole rings is 1. The molecule has 0 aliphatic heterocycles. The lowest BCUT2D eigenvalue weighted by Gasteiger charge is -2.05. The quantitative estimate of drug-likeness (QED) is 0.773. The van der Waals surface area contributed by atoms with E-state index in [-0.39, 0.29) is 0 Å². The molecule has 0 unspecified atom stereocenters. The van der Waals surface area contributed by atoms with E-state index in [1.165, 1.54) is 4.88 Å². The zero-order chi connectivity index (χ0) is 13.2. The molecule has 3 heterocycles. The molecule has 0 bridgehead atoms. The monoisotopic (exact) mass is 291 g/mol. The summed E-state index contributed by atoms with van der Waals surface area (Å²) in [5.74, 6) is 1.11. The van der Waals surface area contributed by atoms with Crippen LogP contribution in [-0.2, 0) is 13.0 Å². The van der Waals surface area contributed by atoms with Crippen molar-refractivity contribution in [3.8, 4) is 0 Å². The van der Waals surface area contributed by atoms with Gasteiger partial charge in [0.1, 0.15) is 10.6 Å². The van der Waals surface area contributed by atoms with Crippen LogP contribution in [0.25, 0.3) is 10.2 Å². The number of aromatic nitrogens is 3. The van der Waals surface area contributed by atoms with Gasteiger partial charge in [0, 0.05) is 16.0 Å². The fraction of sp³-hybridized carbons (Fsp3) is 0.250. The number of hydrogen-bond donors (Lipinski definition) is 2. The summed E-state index contributed by atoms with van der Waals surface area (Å²) in [4.78, 5) is 16.0. The molecular formula is C12H13N5S2. The first kappa shape index (κ1) is 12.3. The lowest BCUT2D eigenvalue weighted by molar-refractivity contribution is 1.13. The number of thiophene rings is 1. The minimum Gasteiger partial charge on any atom is -0.368 e. The summed E-state index contributed by atoms with van der Waals surface area (Å²) in [6.45, 7) is 2.83. The van der Waals surface area contributed by atoms with Gasteiger partial charge in [0.05, 0.1) is 17.4 Å². The van der Waals surface area contributed by atoms with E-state index in [2.05, 4.69) is 33.3 Å². The van der Waals surface area contributed by atoms with Crippen LogP contribution in [-0.4, -0.2) is 15.0 Å². The van der Waals surface area contributed by atoms with Crippen molar-refractivity contribution < 1.29 is 0 Å². The predicted molar refractivity (Wildman–Crippen MR) is 80.6 cm³/mol. The lowest BCUT2D eigenvalue weighted by Crippen LogP contribution is -2.03. The molecule has 3 aromatic heterocycles. The summed E-state index contributed by atoms with van der Waals surface area (Å²) in [6, 6.07) is 2.13. The van der Waals surface area contributed by atoms with E-state index < -0.39 is 0 Å². The average molecular weight is 291 g/mol.